The average molecular weight is 315 g/mol. The van der Waals surface area contributed by atoms with E-state index in [1.165, 1.54) is 6.07 Å². The van der Waals surface area contributed by atoms with E-state index in [2.05, 4.69) is 5.32 Å². The summed E-state index contributed by atoms with van der Waals surface area (Å²) in [6, 6.07) is 10.5. The summed E-state index contributed by atoms with van der Waals surface area (Å²) in [4.78, 5) is 23.8. The van der Waals surface area contributed by atoms with Crippen LogP contribution in [0.4, 0.5) is 0 Å². The van der Waals surface area contributed by atoms with Crippen LogP contribution in [0.2, 0.25) is 0 Å². The van der Waals surface area contributed by atoms with E-state index in [1.807, 2.05) is 38.1 Å². The third-order valence-electron chi connectivity index (χ3n) is 3.55. The zero-order valence-corrected chi connectivity index (χ0v) is 13.3. The van der Waals surface area contributed by atoms with Gasteiger partial charge in [0.25, 0.3) is 5.91 Å². The molecule has 2 aromatic carbocycles. The number of fused-ring (bicyclic) bond motifs is 1. The van der Waals surface area contributed by atoms with Crippen molar-refractivity contribution in [3.8, 4) is 5.75 Å². The average Bonchev–Trinajstić information content (AvgIpc) is 2.52. The maximum Gasteiger partial charge on any atom is 0.342 e. The number of carbonyl (C=O) groups is 2. The summed E-state index contributed by atoms with van der Waals surface area (Å²) in [6.45, 7) is 3.57. The standard InChI is InChI=1S/C18H21NO4/c1-3-6-12(2)19-17(21)11-23-18(22)15-9-13-7-4-5-8-14(13)10-16(15)20/h4-5,7-10,12,20H,3,6,11H2,1-2H3,(H,19,21)/t12-/m1/s1. The second-order valence-electron chi connectivity index (χ2n) is 5.55. The minimum atomic E-state index is -0.716. The number of phenolic OH excluding ortho intramolecular Hbond substituents is 1. The van der Waals surface area contributed by atoms with Gasteiger partial charge in [0, 0.05) is 6.04 Å². The molecule has 0 bridgehead atoms. The molecule has 2 N–H and O–H groups in total. The Bertz CT molecular complexity index is 711. The number of hydrogen-bond donors (Lipinski definition) is 2. The molecule has 0 saturated heterocycles. The molecule has 0 spiro atoms. The predicted octanol–water partition coefficient (Wildman–Crippen LogP) is 3.01. The van der Waals surface area contributed by atoms with Crippen molar-refractivity contribution >= 4 is 22.6 Å². The molecule has 0 saturated carbocycles. The van der Waals surface area contributed by atoms with Crippen LogP contribution in [0.3, 0.4) is 0 Å². The van der Waals surface area contributed by atoms with Gasteiger partial charge in [0.1, 0.15) is 11.3 Å². The van der Waals surface area contributed by atoms with Gasteiger partial charge in [-0.05, 0) is 36.2 Å². The summed E-state index contributed by atoms with van der Waals surface area (Å²) in [6.07, 6.45) is 1.83. The number of aromatic hydroxyl groups is 1. The zero-order chi connectivity index (χ0) is 16.8. The van der Waals surface area contributed by atoms with Crippen LogP contribution in [-0.2, 0) is 9.53 Å². The molecular formula is C18H21NO4. The molecule has 2 rings (SSSR count). The Kier molecular flexibility index (Phi) is 5.57. The molecule has 1 atom stereocenters. The molecule has 23 heavy (non-hydrogen) atoms. The van der Waals surface area contributed by atoms with Crippen molar-refractivity contribution in [1.82, 2.24) is 5.32 Å². The highest BCUT2D eigenvalue weighted by Gasteiger charge is 2.16. The maximum absolute atomic E-state index is 12.1. The van der Waals surface area contributed by atoms with E-state index in [-0.39, 0.29) is 29.9 Å². The molecule has 5 nitrogen and oxygen atoms in total. The fourth-order valence-corrected chi connectivity index (χ4v) is 2.42. The van der Waals surface area contributed by atoms with Gasteiger partial charge in [-0.2, -0.15) is 0 Å². The Labute approximate surface area is 135 Å². The number of nitrogens with one attached hydrogen (secondary N) is 1. The highest BCUT2D eigenvalue weighted by Crippen LogP contribution is 2.25. The van der Waals surface area contributed by atoms with Crippen LogP contribution in [0.25, 0.3) is 10.8 Å². The Morgan fingerprint density at radius 2 is 1.87 bits per heavy atom. The maximum atomic E-state index is 12.1. The molecule has 0 aromatic heterocycles. The number of carbonyl (C=O) groups excluding carboxylic acids is 2. The number of rotatable bonds is 6. The first-order valence-electron chi connectivity index (χ1n) is 7.69. The van der Waals surface area contributed by atoms with E-state index in [9.17, 15) is 14.7 Å². The molecule has 5 heteroatoms. The Morgan fingerprint density at radius 3 is 2.52 bits per heavy atom. The molecule has 0 aliphatic carbocycles. The zero-order valence-electron chi connectivity index (χ0n) is 13.3. The van der Waals surface area contributed by atoms with Crippen LogP contribution in [0.1, 0.15) is 37.0 Å². The number of esters is 1. The lowest BCUT2D eigenvalue weighted by Crippen LogP contribution is -2.35. The van der Waals surface area contributed by atoms with E-state index >= 15 is 0 Å². The Morgan fingerprint density at radius 1 is 1.22 bits per heavy atom. The lowest BCUT2D eigenvalue weighted by atomic mass is 10.1. The van der Waals surface area contributed by atoms with Gasteiger partial charge in [0.05, 0.1) is 0 Å². The summed E-state index contributed by atoms with van der Waals surface area (Å²) >= 11 is 0. The van der Waals surface area contributed by atoms with Crippen LogP contribution in [0, 0.1) is 0 Å². The second kappa shape index (κ2) is 7.63. The van der Waals surface area contributed by atoms with Crippen LogP contribution in [0.5, 0.6) is 5.75 Å². The molecule has 0 heterocycles. The van der Waals surface area contributed by atoms with Crippen LogP contribution >= 0.6 is 0 Å². The van der Waals surface area contributed by atoms with Gasteiger partial charge in [-0.25, -0.2) is 4.79 Å². The largest absolute Gasteiger partial charge is 0.507 e. The molecular weight excluding hydrogens is 294 g/mol. The number of benzene rings is 2. The van der Waals surface area contributed by atoms with Crippen molar-refractivity contribution in [3.63, 3.8) is 0 Å². The van der Waals surface area contributed by atoms with Crippen molar-refractivity contribution in [1.29, 1.82) is 0 Å². The van der Waals surface area contributed by atoms with Crippen molar-refractivity contribution in [3.05, 3.63) is 42.0 Å². The molecule has 2 aromatic rings. The topological polar surface area (TPSA) is 75.6 Å². The number of ether oxygens (including phenoxy) is 1. The van der Waals surface area contributed by atoms with Gasteiger partial charge in [-0.15, -0.1) is 0 Å². The monoisotopic (exact) mass is 315 g/mol. The van der Waals surface area contributed by atoms with Crippen molar-refractivity contribution in [2.45, 2.75) is 32.7 Å². The summed E-state index contributed by atoms with van der Waals surface area (Å²) in [5, 5.41) is 14.4. The van der Waals surface area contributed by atoms with E-state index < -0.39 is 5.97 Å². The molecule has 0 fully saturated rings. The van der Waals surface area contributed by atoms with Crippen molar-refractivity contribution in [2.75, 3.05) is 6.61 Å². The normalized spacial score (nSPS) is 11.9. The Balaban J connectivity index is 2.01. The third-order valence-corrected chi connectivity index (χ3v) is 3.55. The second-order valence-corrected chi connectivity index (χ2v) is 5.55. The Hall–Kier alpha value is -2.56. The molecule has 0 unspecified atom stereocenters. The van der Waals surface area contributed by atoms with Gasteiger partial charge in [0.2, 0.25) is 0 Å². The highest BCUT2D eigenvalue weighted by molar-refractivity contribution is 5.99. The molecule has 0 aliphatic rings. The molecule has 0 radical (unpaired) electrons. The SMILES string of the molecule is CCC[C@@H](C)NC(=O)COC(=O)c1cc2ccccc2cc1O. The van der Waals surface area contributed by atoms with Crippen LogP contribution < -0.4 is 5.32 Å². The van der Waals surface area contributed by atoms with Gasteiger partial charge >= 0.3 is 5.97 Å². The van der Waals surface area contributed by atoms with Crippen LogP contribution in [0.15, 0.2) is 36.4 Å². The minimum Gasteiger partial charge on any atom is -0.507 e. The molecule has 0 aliphatic heterocycles. The lowest BCUT2D eigenvalue weighted by molar-refractivity contribution is -0.124. The first-order chi connectivity index (χ1) is 11.0. The lowest BCUT2D eigenvalue weighted by Gasteiger charge is -2.13. The summed E-state index contributed by atoms with van der Waals surface area (Å²) < 4.78 is 4.99. The minimum absolute atomic E-state index is 0.0419. The predicted molar refractivity (Wildman–Crippen MR) is 88.4 cm³/mol. The molecule has 122 valence electrons. The number of phenols is 1. The van der Waals surface area contributed by atoms with Gasteiger partial charge in [0.15, 0.2) is 6.61 Å². The molecule has 1 amide bonds. The fraction of sp³-hybridized carbons (Fsp3) is 0.333. The van der Waals surface area contributed by atoms with Gasteiger partial charge in [-0.3, -0.25) is 4.79 Å². The van der Waals surface area contributed by atoms with E-state index in [0.717, 1.165) is 23.6 Å². The summed E-state index contributed by atoms with van der Waals surface area (Å²) in [5.41, 5.74) is 0.0538. The van der Waals surface area contributed by atoms with E-state index in [1.54, 1.807) is 6.07 Å². The number of amides is 1. The first kappa shape index (κ1) is 16.8. The van der Waals surface area contributed by atoms with Crippen molar-refractivity contribution < 1.29 is 19.4 Å². The first-order valence-corrected chi connectivity index (χ1v) is 7.69. The number of hydrogen-bond acceptors (Lipinski definition) is 4. The third kappa shape index (κ3) is 4.45. The summed E-state index contributed by atoms with van der Waals surface area (Å²) in [5.74, 6) is -1.22. The quantitative estimate of drug-likeness (QED) is 0.804. The van der Waals surface area contributed by atoms with Gasteiger partial charge in [-0.1, -0.05) is 37.6 Å². The van der Waals surface area contributed by atoms with E-state index in [4.69, 9.17) is 4.74 Å². The highest BCUT2D eigenvalue weighted by atomic mass is 16.5. The summed E-state index contributed by atoms with van der Waals surface area (Å²) in [7, 11) is 0. The van der Waals surface area contributed by atoms with Gasteiger partial charge < -0.3 is 15.2 Å². The van der Waals surface area contributed by atoms with Crippen LogP contribution in [-0.4, -0.2) is 29.6 Å². The van der Waals surface area contributed by atoms with E-state index in [0.29, 0.717) is 0 Å². The fourth-order valence-electron chi connectivity index (χ4n) is 2.42. The smallest absolute Gasteiger partial charge is 0.342 e. The van der Waals surface area contributed by atoms with Crippen molar-refractivity contribution in [2.24, 2.45) is 0 Å².